The predicted octanol–water partition coefficient (Wildman–Crippen LogP) is 2.49. The first-order valence-corrected chi connectivity index (χ1v) is 8.13. The molecule has 0 radical (unpaired) electrons. The van der Waals surface area contributed by atoms with E-state index in [1.807, 2.05) is 25.1 Å². The summed E-state index contributed by atoms with van der Waals surface area (Å²) in [5.74, 6) is 0.0397. The van der Waals surface area contributed by atoms with Crippen molar-refractivity contribution >= 4 is 21.1 Å². The van der Waals surface area contributed by atoms with Gasteiger partial charge in [-0.25, -0.2) is 22.5 Å². The molecule has 1 heterocycles. The zero-order valence-electron chi connectivity index (χ0n) is 11.8. The lowest BCUT2D eigenvalue weighted by atomic mass is 10.2. The fourth-order valence-corrected chi connectivity index (χ4v) is 3.11. The van der Waals surface area contributed by atoms with Gasteiger partial charge in [0.25, 0.3) is 0 Å². The number of hydrogen-bond donors (Lipinski definition) is 2. The fourth-order valence-electron chi connectivity index (χ4n) is 2.12. The van der Waals surface area contributed by atoms with Crippen LogP contribution in [0.3, 0.4) is 0 Å². The fraction of sp³-hybridized carbons (Fsp3) is 0.133. The lowest BCUT2D eigenvalue weighted by Crippen LogP contribution is -2.23. The third kappa shape index (κ3) is 3.00. The van der Waals surface area contributed by atoms with E-state index in [1.54, 1.807) is 0 Å². The Morgan fingerprint density at radius 1 is 1.18 bits per heavy atom. The number of aromatic nitrogens is 2. The molecule has 7 heteroatoms. The van der Waals surface area contributed by atoms with E-state index in [4.69, 9.17) is 0 Å². The van der Waals surface area contributed by atoms with Crippen LogP contribution in [-0.4, -0.2) is 18.4 Å². The molecule has 0 saturated carbocycles. The molecule has 3 rings (SSSR count). The number of hydrogen-bond acceptors (Lipinski definition) is 3. The number of benzene rings is 2. The Bertz CT molecular complexity index is 918. The lowest BCUT2D eigenvalue weighted by molar-refractivity contribution is 0.579. The van der Waals surface area contributed by atoms with Crippen molar-refractivity contribution in [2.24, 2.45) is 0 Å². The van der Waals surface area contributed by atoms with Crippen molar-refractivity contribution in [3.63, 3.8) is 0 Å². The number of sulfonamides is 1. The number of rotatable bonds is 4. The summed E-state index contributed by atoms with van der Waals surface area (Å²) in [5.41, 5.74) is 2.73. The van der Waals surface area contributed by atoms with Crippen LogP contribution < -0.4 is 4.72 Å². The number of aromatic amines is 1. The summed E-state index contributed by atoms with van der Waals surface area (Å²) in [4.78, 5) is 7.41. The molecule has 0 aliphatic heterocycles. The summed E-state index contributed by atoms with van der Waals surface area (Å²) in [6, 6.07) is 10.4. The smallest absolute Gasteiger partial charge is 0.240 e. The van der Waals surface area contributed by atoms with Gasteiger partial charge in [0.05, 0.1) is 22.5 Å². The van der Waals surface area contributed by atoms with Gasteiger partial charge in [-0.3, -0.25) is 0 Å². The largest absolute Gasteiger partial charge is 0.341 e. The van der Waals surface area contributed by atoms with Crippen molar-refractivity contribution < 1.29 is 12.8 Å². The topological polar surface area (TPSA) is 74.8 Å². The molecule has 2 aromatic carbocycles. The molecular weight excluding hydrogens is 305 g/mol. The van der Waals surface area contributed by atoms with Crippen LogP contribution in [-0.2, 0) is 16.6 Å². The van der Waals surface area contributed by atoms with Gasteiger partial charge in [0.1, 0.15) is 11.6 Å². The van der Waals surface area contributed by atoms with E-state index in [0.29, 0.717) is 5.82 Å². The molecule has 0 fully saturated rings. The first kappa shape index (κ1) is 14.7. The molecule has 0 saturated heterocycles. The van der Waals surface area contributed by atoms with E-state index in [2.05, 4.69) is 14.7 Å². The van der Waals surface area contributed by atoms with Gasteiger partial charge in [0.15, 0.2) is 0 Å². The highest BCUT2D eigenvalue weighted by Crippen LogP contribution is 2.14. The van der Waals surface area contributed by atoms with Gasteiger partial charge >= 0.3 is 0 Å². The van der Waals surface area contributed by atoms with Crippen LogP contribution in [0.5, 0.6) is 0 Å². The summed E-state index contributed by atoms with van der Waals surface area (Å²) in [6.07, 6.45) is 0. The maximum absolute atomic E-state index is 12.8. The van der Waals surface area contributed by atoms with Gasteiger partial charge in [-0.2, -0.15) is 0 Å². The van der Waals surface area contributed by atoms with Crippen molar-refractivity contribution in [2.45, 2.75) is 18.4 Å². The second-order valence-electron chi connectivity index (χ2n) is 4.98. The minimum Gasteiger partial charge on any atom is -0.341 e. The second kappa shape index (κ2) is 5.51. The maximum atomic E-state index is 12.8. The minimum atomic E-state index is -3.70. The molecule has 0 aliphatic rings. The first-order valence-electron chi connectivity index (χ1n) is 6.64. The van der Waals surface area contributed by atoms with E-state index >= 15 is 0 Å². The summed E-state index contributed by atoms with van der Waals surface area (Å²) >= 11 is 0. The number of imidazole rings is 1. The highest BCUT2D eigenvalue weighted by Gasteiger charge is 2.14. The Morgan fingerprint density at radius 3 is 2.64 bits per heavy atom. The molecule has 1 aromatic heterocycles. The lowest BCUT2D eigenvalue weighted by Gasteiger charge is -2.04. The first-order chi connectivity index (χ1) is 10.4. The highest BCUT2D eigenvalue weighted by atomic mass is 32.2. The molecule has 0 aliphatic carbocycles. The van der Waals surface area contributed by atoms with Gasteiger partial charge in [0.2, 0.25) is 10.0 Å². The standard InChI is InChI=1S/C15H14FN3O2S/c1-10-2-7-13-14(8-10)19-15(18-13)9-17-22(20,21)12-5-3-11(16)4-6-12/h2-8,17H,9H2,1H3,(H,18,19). The quantitative estimate of drug-likeness (QED) is 0.776. The van der Waals surface area contributed by atoms with Gasteiger partial charge < -0.3 is 4.98 Å². The van der Waals surface area contributed by atoms with Crippen LogP contribution in [0.4, 0.5) is 4.39 Å². The SMILES string of the molecule is Cc1ccc2nc(CNS(=O)(=O)c3ccc(F)cc3)[nH]c2c1. The van der Waals surface area contributed by atoms with E-state index in [9.17, 15) is 12.8 Å². The second-order valence-corrected chi connectivity index (χ2v) is 6.75. The molecule has 2 N–H and O–H groups in total. The van der Waals surface area contributed by atoms with Crippen LogP contribution in [0.15, 0.2) is 47.4 Å². The summed E-state index contributed by atoms with van der Waals surface area (Å²) in [7, 11) is -3.70. The number of nitrogens with one attached hydrogen (secondary N) is 2. The van der Waals surface area contributed by atoms with Crippen molar-refractivity contribution in [1.29, 1.82) is 0 Å². The molecular formula is C15H14FN3O2S. The van der Waals surface area contributed by atoms with E-state index in [0.717, 1.165) is 28.7 Å². The molecule has 0 spiro atoms. The molecule has 0 amide bonds. The molecule has 0 bridgehead atoms. The van der Waals surface area contributed by atoms with Gasteiger partial charge in [0, 0.05) is 0 Å². The van der Waals surface area contributed by atoms with Crippen LogP contribution in [0, 0.1) is 12.7 Å². The molecule has 0 unspecified atom stereocenters. The van der Waals surface area contributed by atoms with Crippen molar-refractivity contribution in [3.8, 4) is 0 Å². The maximum Gasteiger partial charge on any atom is 0.240 e. The third-order valence-corrected chi connectivity index (χ3v) is 4.66. The van der Waals surface area contributed by atoms with E-state index < -0.39 is 15.8 Å². The third-order valence-electron chi connectivity index (χ3n) is 3.24. The van der Waals surface area contributed by atoms with E-state index in [-0.39, 0.29) is 11.4 Å². The Balaban J connectivity index is 1.79. The minimum absolute atomic E-state index is 0.0147. The van der Waals surface area contributed by atoms with Crippen LogP contribution in [0.1, 0.15) is 11.4 Å². The molecule has 114 valence electrons. The average Bonchev–Trinajstić information content (AvgIpc) is 2.88. The Hall–Kier alpha value is -2.25. The summed E-state index contributed by atoms with van der Waals surface area (Å²) in [5, 5.41) is 0. The number of fused-ring (bicyclic) bond motifs is 1. The van der Waals surface area contributed by atoms with E-state index in [1.165, 1.54) is 12.1 Å². The highest BCUT2D eigenvalue weighted by molar-refractivity contribution is 7.89. The van der Waals surface area contributed by atoms with Gasteiger partial charge in [-0.05, 0) is 48.9 Å². The van der Waals surface area contributed by atoms with Crippen molar-refractivity contribution in [2.75, 3.05) is 0 Å². The average molecular weight is 319 g/mol. The Kier molecular flexibility index (Phi) is 3.67. The normalized spacial score (nSPS) is 11.9. The van der Waals surface area contributed by atoms with Crippen molar-refractivity contribution in [1.82, 2.24) is 14.7 Å². The van der Waals surface area contributed by atoms with Crippen LogP contribution in [0.2, 0.25) is 0 Å². The monoisotopic (exact) mass is 319 g/mol. The van der Waals surface area contributed by atoms with Gasteiger partial charge in [-0.15, -0.1) is 0 Å². The van der Waals surface area contributed by atoms with Crippen LogP contribution >= 0.6 is 0 Å². The Labute approximate surface area is 127 Å². The number of halogens is 1. The predicted molar refractivity (Wildman–Crippen MR) is 81.3 cm³/mol. The summed E-state index contributed by atoms with van der Waals surface area (Å²) in [6.45, 7) is 2.00. The zero-order chi connectivity index (χ0) is 15.7. The van der Waals surface area contributed by atoms with Crippen LogP contribution in [0.25, 0.3) is 11.0 Å². The zero-order valence-corrected chi connectivity index (χ0v) is 12.6. The molecule has 22 heavy (non-hydrogen) atoms. The Morgan fingerprint density at radius 2 is 1.91 bits per heavy atom. The number of nitrogens with zero attached hydrogens (tertiary/aromatic N) is 1. The number of aryl methyl sites for hydroxylation is 1. The number of H-pyrrole nitrogens is 1. The van der Waals surface area contributed by atoms with Crippen molar-refractivity contribution in [3.05, 3.63) is 59.7 Å². The molecule has 0 atom stereocenters. The molecule has 5 nitrogen and oxygen atoms in total. The summed E-state index contributed by atoms with van der Waals surface area (Å²) < 4.78 is 39.5. The molecule has 3 aromatic rings. The van der Waals surface area contributed by atoms with Gasteiger partial charge in [-0.1, -0.05) is 6.07 Å².